The Morgan fingerprint density at radius 2 is 1.07 bits per heavy atom. The summed E-state index contributed by atoms with van der Waals surface area (Å²) in [6, 6.07) is 64.2. The Morgan fingerprint density at radius 3 is 1.94 bits per heavy atom. The maximum atomic E-state index is 6.42. The highest BCUT2D eigenvalue weighted by Gasteiger charge is 2.37. The van der Waals surface area contributed by atoms with E-state index in [4.69, 9.17) is 4.42 Å². The van der Waals surface area contributed by atoms with Crippen LogP contribution in [0.4, 0.5) is 17.1 Å². The first-order valence-corrected chi connectivity index (χ1v) is 19.4. The molecule has 0 radical (unpaired) electrons. The van der Waals surface area contributed by atoms with Crippen molar-refractivity contribution < 1.29 is 4.42 Å². The molecule has 54 heavy (non-hydrogen) atoms. The van der Waals surface area contributed by atoms with Gasteiger partial charge in [-0.15, -0.1) is 11.3 Å². The molecule has 2 heterocycles. The van der Waals surface area contributed by atoms with Crippen LogP contribution in [0.25, 0.3) is 75.5 Å². The Bertz CT molecular complexity index is 3110. The summed E-state index contributed by atoms with van der Waals surface area (Å²) >= 11 is 1.85. The number of hydrogen-bond acceptors (Lipinski definition) is 3. The number of anilines is 3. The number of hydrogen-bond donors (Lipinski definition) is 0. The van der Waals surface area contributed by atoms with Crippen LogP contribution in [-0.2, 0) is 5.41 Å². The standard InChI is InChI=1S/C51H35NOS/c1-51(2)42-20-8-3-18-40(42)50-39(19-13-21-43(50)51)35-15-5-10-23-45(35)52(33-27-29-49-41(31-33)38-17-7-12-25-48(38)54-49)44-22-9-4-14-34(44)32-26-28-37-36-16-6-11-24-46(36)53-47(37)30-32/h3-31H,1-2H3. The molecule has 0 spiro atoms. The van der Waals surface area contributed by atoms with Crippen molar-refractivity contribution in [3.63, 3.8) is 0 Å². The molecule has 2 aromatic heterocycles. The van der Waals surface area contributed by atoms with Gasteiger partial charge in [-0.2, -0.15) is 0 Å². The van der Waals surface area contributed by atoms with Gasteiger partial charge in [0.2, 0.25) is 0 Å². The van der Waals surface area contributed by atoms with Crippen LogP contribution in [0.15, 0.2) is 180 Å². The molecule has 0 amide bonds. The highest BCUT2D eigenvalue weighted by Crippen LogP contribution is 2.54. The van der Waals surface area contributed by atoms with Crippen LogP contribution in [0.5, 0.6) is 0 Å². The molecular weight excluding hydrogens is 675 g/mol. The molecule has 11 rings (SSSR count). The van der Waals surface area contributed by atoms with Crippen LogP contribution in [0, 0.1) is 0 Å². The molecule has 0 N–H and O–H groups in total. The van der Waals surface area contributed by atoms with Gasteiger partial charge in [0.25, 0.3) is 0 Å². The van der Waals surface area contributed by atoms with Crippen LogP contribution in [0.1, 0.15) is 25.0 Å². The Labute approximate surface area is 318 Å². The lowest BCUT2D eigenvalue weighted by Gasteiger charge is -2.30. The summed E-state index contributed by atoms with van der Waals surface area (Å²) in [4.78, 5) is 2.48. The van der Waals surface area contributed by atoms with Crippen LogP contribution < -0.4 is 4.90 Å². The first kappa shape index (κ1) is 31.1. The molecule has 256 valence electrons. The van der Waals surface area contributed by atoms with Gasteiger partial charge in [-0.3, -0.25) is 0 Å². The zero-order valence-corrected chi connectivity index (χ0v) is 30.8. The van der Waals surface area contributed by atoms with E-state index in [9.17, 15) is 0 Å². The van der Waals surface area contributed by atoms with E-state index in [-0.39, 0.29) is 5.41 Å². The van der Waals surface area contributed by atoms with Crippen molar-refractivity contribution in [3.8, 4) is 33.4 Å². The minimum Gasteiger partial charge on any atom is -0.456 e. The van der Waals surface area contributed by atoms with Crippen LogP contribution in [-0.4, -0.2) is 0 Å². The fraction of sp³-hybridized carbons (Fsp3) is 0.0588. The summed E-state index contributed by atoms with van der Waals surface area (Å²) in [6.45, 7) is 4.71. The average molecular weight is 710 g/mol. The van der Waals surface area contributed by atoms with Gasteiger partial charge in [-0.1, -0.05) is 135 Å². The number of benzene rings is 8. The molecule has 0 unspecified atom stereocenters. The van der Waals surface area contributed by atoms with Gasteiger partial charge in [0.05, 0.1) is 11.4 Å². The SMILES string of the molecule is CC1(C)c2ccccc2-c2c(-c3ccccc3N(c3ccc4sc5ccccc5c4c3)c3ccccc3-c3ccc4c(c3)oc3ccccc34)cccc21. The number of rotatable bonds is 5. The van der Waals surface area contributed by atoms with E-state index in [1.807, 2.05) is 23.5 Å². The minimum absolute atomic E-state index is 0.0937. The van der Waals surface area contributed by atoms with Crippen molar-refractivity contribution in [2.75, 3.05) is 4.90 Å². The molecule has 10 aromatic rings. The van der Waals surface area contributed by atoms with Crippen LogP contribution in [0.3, 0.4) is 0 Å². The summed E-state index contributed by atoms with van der Waals surface area (Å²) in [7, 11) is 0. The molecule has 1 aliphatic rings. The summed E-state index contributed by atoms with van der Waals surface area (Å²) in [5, 5.41) is 4.83. The largest absolute Gasteiger partial charge is 0.456 e. The number of furan rings is 1. The Hall–Kier alpha value is -6.42. The van der Waals surface area contributed by atoms with Crippen molar-refractivity contribution in [1.82, 2.24) is 0 Å². The van der Waals surface area contributed by atoms with E-state index in [0.717, 1.165) is 50.1 Å². The molecule has 2 nitrogen and oxygen atoms in total. The fourth-order valence-electron chi connectivity index (χ4n) is 8.94. The van der Waals surface area contributed by atoms with E-state index >= 15 is 0 Å². The topological polar surface area (TPSA) is 16.4 Å². The first-order chi connectivity index (χ1) is 26.5. The molecule has 0 atom stereocenters. The molecular formula is C51H35NOS. The molecule has 0 saturated heterocycles. The van der Waals surface area contributed by atoms with E-state index in [0.29, 0.717) is 0 Å². The van der Waals surface area contributed by atoms with Gasteiger partial charge in [0, 0.05) is 53.2 Å². The van der Waals surface area contributed by atoms with Gasteiger partial charge >= 0.3 is 0 Å². The predicted octanol–water partition coefficient (Wildman–Crippen LogP) is 15.1. The minimum atomic E-state index is -0.0937. The second kappa shape index (κ2) is 11.8. The Kier molecular flexibility index (Phi) is 6.80. The lowest BCUT2D eigenvalue weighted by molar-refractivity contribution is 0.660. The van der Waals surface area contributed by atoms with Crippen molar-refractivity contribution in [2.24, 2.45) is 0 Å². The molecule has 0 saturated carbocycles. The molecule has 0 bridgehead atoms. The third-order valence-corrected chi connectivity index (χ3v) is 12.6. The third-order valence-electron chi connectivity index (χ3n) is 11.5. The number of para-hydroxylation sites is 3. The summed E-state index contributed by atoms with van der Waals surface area (Å²) in [5.41, 5.74) is 15.1. The number of nitrogens with zero attached hydrogens (tertiary/aromatic N) is 1. The quantitative estimate of drug-likeness (QED) is 0.177. The Morgan fingerprint density at radius 1 is 0.444 bits per heavy atom. The highest BCUT2D eigenvalue weighted by molar-refractivity contribution is 7.25. The fourth-order valence-corrected chi connectivity index (χ4v) is 10.0. The second-order valence-electron chi connectivity index (χ2n) is 14.9. The van der Waals surface area contributed by atoms with Gasteiger partial charge in [0.15, 0.2) is 0 Å². The van der Waals surface area contributed by atoms with Crippen molar-refractivity contribution in [2.45, 2.75) is 19.3 Å². The van der Waals surface area contributed by atoms with E-state index < -0.39 is 0 Å². The van der Waals surface area contributed by atoms with Crippen LogP contribution >= 0.6 is 11.3 Å². The van der Waals surface area contributed by atoms with Gasteiger partial charge in [0.1, 0.15) is 11.2 Å². The van der Waals surface area contributed by atoms with Gasteiger partial charge in [-0.05, 0) is 88.0 Å². The number of thiophene rings is 1. The normalized spacial score (nSPS) is 13.1. The van der Waals surface area contributed by atoms with Crippen molar-refractivity contribution >= 4 is 70.5 Å². The van der Waals surface area contributed by atoms with Gasteiger partial charge in [-0.25, -0.2) is 0 Å². The maximum absolute atomic E-state index is 6.42. The van der Waals surface area contributed by atoms with Crippen LogP contribution in [0.2, 0.25) is 0 Å². The average Bonchev–Trinajstić information content (AvgIpc) is 3.86. The highest BCUT2D eigenvalue weighted by atomic mass is 32.1. The molecule has 3 heteroatoms. The predicted molar refractivity (Wildman–Crippen MR) is 230 cm³/mol. The molecule has 8 aromatic carbocycles. The maximum Gasteiger partial charge on any atom is 0.136 e. The summed E-state index contributed by atoms with van der Waals surface area (Å²) in [6.07, 6.45) is 0. The number of fused-ring (bicyclic) bond motifs is 9. The zero-order chi connectivity index (χ0) is 36.0. The van der Waals surface area contributed by atoms with Crippen molar-refractivity contribution in [1.29, 1.82) is 0 Å². The van der Waals surface area contributed by atoms with E-state index in [1.165, 1.54) is 53.6 Å². The lowest BCUT2D eigenvalue weighted by Crippen LogP contribution is -2.15. The third kappa shape index (κ3) is 4.58. The lowest BCUT2D eigenvalue weighted by atomic mass is 9.82. The Balaban J connectivity index is 1.18. The molecule has 1 aliphatic carbocycles. The summed E-state index contributed by atoms with van der Waals surface area (Å²) in [5.74, 6) is 0. The van der Waals surface area contributed by atoms with E-state index in [2.05, 4.69) is 183 Å². The first-order valence-electron chi connectivity index (χ1n) is 18.6. The van der Waals surface area contributed by atoms with E-state index in [1.54, 1.807) is 0 Å². The summed E-state index contributed by atoms with van der Waals surface area (Å²) < 4.78 is 9.01. The molecule has 0 aliphatic heterocycles. The zero-order valence-electron chi connectivity index (χ0n) is 30.0. The second-order valence-corrected chi connectivity index (χ2v) is 15.9. The monoisotopic (exact) mass is 709 g/mol. The smallest absolute Gasteiger partial charge is 0.136 e. The molecule has 0 fully saturated rings. The van der Waals surface area contributed by atoms with Gasteiger partial charge < -0.3 is 9.32 Å². The van der Waals surface area contributed by atoms with Crippen molar-refractivity contribution in [3.05, 3.63) is 187 Å².